The molecule has 0 amide bonds. The van der Waals surface area contributed by atoms with Gasteiger partial charge in [0.2, 0.25) is 0 Å². The summed E-state index contributed by atoms with van der Waals surface area (Å²) in [5, 5.41) is 3.53. The van der Waals surface area contributed by atoms with Gasteiger partial charge < -0.3 is 10.1 Å². The third-order valence-corrected chi connectivity index (χ3v) is 2.55. The molecule has 2 unspecified atom stereocenters. The Morgan fingerprint density at radius 3 is 2.85 bits per heavy atom. The SMILES string of the molecule is C=CC(C)NC1CCOC(C)(C)C1. The fourth-order valence-corrected chi connectivity index (χ4v) is 1.81. The van der Waals surface area contributed by atoms with Gasteiger partial charge in [-0.05, 0) is 33.6 Å². The maximum absolute atomic E-state index is 5.64. The molecule has 0 saturated carbocycles. The minimum absolute atomic E-state index is 0.0385. The molecular weight excluding hydrogens is 162 g/mol. The summed E-state index contributed by atoms with van der Waals surface area (Å²) in [6.07, 6.45) is 4.15. The molecule has 1 N–H and O–H groups in total. The quantitative estimate of drug-likeness (QED) is 0.677. The molecule has 0 aromatic heterocycles. The van der Waals surface area contributed by atoms with E-state index in [4.69, 9.17) is 4.74 Å². The van der Waals surface area contributed by atoms with Crippen LogP contribution in [0.5, 0.6) is 0 Å². The standard InChI is InChI=1S/C11H21NO/c1-5-9(2)12-10-6-7-13-11(3,4)8-10/h5,9-10,12H,1,6-8H2,2-4H3. The maximum Gasteiger partial charge on any atom is 0.0641 e. The number of hydrogen-bond acceptors (Lipinski definition) is 2. The van der Waals surface area contributed by atoms with Gasteiger partial charge in [-0.25, -0.2) is 0 Å². The summed E-state index contributed by atoms with van der Waals surface area (Å²) in [6.45, 7) is 11.1. The predicted octanol–water partition coefficient (Wildman–Crippen LogP) is 2.11. The Kier molecular flexibility index (Phi) is 3.51. The highest BCUT2D eigenvalue weighted by Crippen LogP contribution is 2.24. The summed E-state index contributed by atoms with van der Waals surface area (Å²) in [4.78, 5) is 0. The van der Waals surface area contributed by atoms with Crippen LogP contribution < -0.4 is 5.32 Å². The van der Waals surface area contributed by atoms with Gasteiger partial charge >= 0.3 is 0 Å². The lowest BCUT2D eigenvalue weighted by Gasteiger charge is -2.36. The van der Waals surface area contributed by atoms with E-state index in [0.29, 0.717) is 12.1 Å². The molecule has 0 bridgehead atoms. The Morgan fingerprint density at radius 2 is 2.31 bits per heavy atom. The van der Waals surface area contributed by atoms with Crippen molar-refractivity contribution in [3.63, 3.8) is 0 Å². The van der Waals surface area contributed by atoms with Crippen LogP contribution in [-0.2, 0) is 4.74 Å². The zero-order valence-electron chi connectivity index (χ0n) is 8.97. The van der Waals surface area contributed by atoms with E-state index in [9.17, 15) is 0 Å². The van der Waals surface area contributed by atoms with E-state index in [-0.39, 0.29) is 5.60 Å². The molecule has 1 rings (SSSR count). The van der Waals surface area contributed by atoms with Crippen LogP contribution >= 0.6 is 0 Å². The van der Waals surface area contributed by atoms with Gasteiger partial charge in [-0.15, -0.1) is 6.58 Å². The van der Waals surface area contributed by atoms with Crippen molar-refractivity contribution in [1.29, 1.82) is 0 Å². The fraction of sp³-hybridized carbons (Fsp3) is 0.818. The normalized spacial score (nSPS) is 29.6. The molecule has 13 heavy (non-hydrogen) atoms. The Hall–Kier alpha value is -0.340. The van der Waals surface area contributed by atoms with Crippen LogP contribution in [0.15, 0.2) is 12.7 Å². The number of hydrogen-bond donors (Lipinski definition) is 1. The van der Waals surface area contributed by atoms with Crippen LogP contribution in [0.3, 0.4) is 0 Å². The molecule has 2 nitrogen and oxygen atoms in total. The van der Waals surface area contributed by atoms with Crippen molar-refractivity contribution in [3.05, 3.63) is 12.7 Å². The van der Waals surface area contributed by atoms with Gasteiger partial charge in [-0.1, -0.05) is 6.08 Å². The summed E-state index contributed by atoms with van der Waals surface area (Å²) in [5.41, 5.74) is 0.0385. The monoisotopic (exact) mass is 183 g/mol. The van der Waals surface area contributed by atoms with Gasteiger partial charge in [0.1, 0.15) is 0 Å². The summed E-state index contributed by atoms with van der Waals surface area (Å²) >= 11 is 0. The first-order valence-electron chi connectivity index (χ1n) is 5.06. The Balaban J connectivity index is 2.38. The van der Waals surface area contributed by atoms with Crippen LogP contribution in [0.2, 0.25) is 0 Å². The topological polar surface area (TPSA) is 21.3 Å². The second-order valence-electron chi connectivity index (χ2n) is 4.49. The van der Waals surface area contributed by atoms with E-state index in [2.05, 4.69) is 32.7 Å². The van der Waals surface area contributed by atoms with Gasteiger partial charge in [0.15, 0.2) is 0 Å². The van der Waals surface area contributed by atoms with Crippen LogP contribution in [0.25, 0.3) is 0 Å². The highest BCUT2D eigenvalue weighted by Gasteiger charge is 2.28. The first kappa shape index (κ1) is 10.7. The van der Waals surface area contributed by atoms with Gasteiger partial charge in [-0.3, -0.25) is 0 Å². The van der Waals surface area contributed by atoms with Gasteiger partial charge in [0, 0.05) is 18.7 Å². The van der Waals surface area contributed by atoms with Crippen molar-refractivity contribution in [2.75, 3.05) is 6.61 Å². The molecule has 76 valence electrons. The molecule has 1 aliphatic heterocycles. The zero-order chi connectivity index (χ0) is 9.90. The molecule has 1 fully saturated rings. The average Bonchev–Trinajstić information content (AvgIpc) is 2.02. The van der Waals surface area contributed by atoms with Crippen molar-refractivity contribution in [2.45, 2.75) is 51.3 Å². The fourth-order valence-electron chi connectivity index (χ4n) is 1.81. The summed E-state index contributed by atoms with van der Waals surface area (Å²) < 4.78 is 5.64. The molecule has 2 heteroatoms. The largest absolute Gasteiger partial charge is 0.375 e. The molecule has 0 aliphatic carbocycles. The predicted molar refractivity (Wildman–Crippen MR) is 55.8 cm³/mol. The maximum atomic E-state index is 5.64. The van der Waals surface area contributed by atoms with Crippen LogP contribution in [0, 0.1) is 0 Å². The average molecular weight is 183 g/mol. The van der Waals surface area contributed by atoms with E-state index < -0.39 is 0 Å². The van der Waals surface area contributed by atoms with Crippen molar-refractivity contribution < 1.29 is 4.74 Å². The Bertz CT molecular complexity index is 177. The number of nitrogens with one attached hydrogen (secondary N) is 1. The van der Waals surface area contributed by atoms with E-state index in [0.717, 1.165) is 19.4 Å². The first-order valence-corrected chi connectivity index (χ1v) is 5.06. The molecular formula is C11H21NO. The molecule has 0 spiro atoms. The second kappa shape index (κ2) is 4.25. The van der Waals surface area contributed by atoms with Crippen LogP contribution in [-0.4, -0.2) is 24.3 Å². The first-order chi connectivity index (χ1) is 6.03. The second-order valence-corrected chi connectivity index (χ2v) is 4.49. The van der Waals surface area contributed by atoms with E-state index in [1.165, 1.54) is 0 Å². The summed E-state index contributed by atoms with van der Waals surface area (Å²) in [5.74, 6) is 0. The zero-order valence-corrected chi connectivity index (χ0v) is 8.97. The molecule has 0 radical (unpaired) electrons. The molecule has 0 aromatic carbocycles. The van der Waals surface area contributed by atoms with Gasteiger partial charge in [0.05, 0.1) is 5.60 Å². The van der Waals surface area contributed by atoms with Crippen LogP contribution in [0.4, 0.5) is 0 Å². The van der Waals surface area contributed by atoms with Crippen molar-refractivity contribution in [2.24, 2.45) is 0 Å². The lowest BCUT2D eigenvalue weighted by molar-refractivity contribution is -0.0633. The van der Waals surface area contributed by atoms with E-state index >= 15 is 0 Å². The van der Waals surface area contributed by atoms with Crippen molar-refractivity contribution in [3.8, 4) is 0 Å². The molecule has 1 heterocycles. The Morgan fingerprint density at radius 1 is 1.62 bits per heavy atom. The van der Waals surface area contributed by atoms with E-state index in [1.807, 2.05) is 6.08 Å². The smallest absolute Gasteiger partial charge is 0.0641 e. The molecule has 1 aliphatic rings. The van der Waals surface area contributed by atoms with Crippen LogP contribution in [0.1, 0.15) is 33.6 Å². The third-order valence-electron chi connectivity index (χ3n) is 2.55. The van der Waals surface area contributed by atoms with Gasteiger partial charge in [-0.2, -0.15) is 0 Å². The van der Waals surface area contributed by atoms with Gasteiger partial charge in [0.25, 0.3) is 0 Å². The van der Waals surface area contributed by atoms with Crippen molar-refractivity contribution in [1.82, 2.24) is 5.32 Å². The minimum Gasteiger partial charge on any atom is -0.375 e. The third kappa shape index (κ3) is 3.49. The molecule has 1 saturated heterocycles. The summed E-state index contributed by atoms with van der Waals surface area (Å²) in [7, 11) is 0. The summed E-state index contributed by atoms with van der Waals surface area (Å²) in [6, 6.07) is 0.982. The Labute approximate surface area is 81.4 Å². The van der Waals surface area contributed by atoms with Crippen molar-refractivity contribution >= 4 is 0 Å². The highest BCUT2D eigenvalue weighted by molar-refractivity contribution is 4.89. The minimum atomic E-state index is 0.0385. The lowest BCUT2D eigenvalue weighted by atomic mass is 9.93. The molecule has 0 aromatic rings. The highest BCUT2D eigenvalue weighted by atomic mass is 16.5. The lowest BCUT2D eigenvalue weighted by Crippen LogP contribution is -2.46. The number of ether oxygens (including phenoxy) is 1. The molecule has 2 atom stereocenters. The number of rotatable bonds is 3. The van der Waals surface area contributed by atoms with E-state index in [1.54, 1.807) is 0 Å².